The highest BCUT2D eigenvalue weighted by molar-refractivity contribution is 7.14. The van der Waals surface area contributed by atoms with Crippen molar-refractivity contribution in [3.63, 3.8) is 0 Å². The average molecular weight is 364 g/mol. The summed E-state index contributed by atoms with van der Waals surface area (Å²) in [5, 5.41) is 4.62. The minimum atomic E-state index is -2.93. The second-order valence-corrected chi connectivity index (χ2v) is 5.84. The Morgan fingerprint density at radius 1 is 1.32 bits per heavy atom. The van der Waals surface area contributed by atoms with Gasteiger partial charge in [-0.15, -0.1) is 11.3 Å². The number of para-hydroxylation sites is 1. The second kappa shape index (κ2) is 7.43. The van der Waals surface area contributed by atoms with Crippen LogP contribution in [-0.2, 0) is 6.42 Å². The molecule has 130 valence electrons. The maximum absolute atomic E-state index is 12.5. The molecule has 8 heteroatoms. The topological polar surface area (TPSA) is 64.4 Å². The Morgan fingerprint density at radius 3 is 2.84 bits per heavy atom. The van der Waals surface area contributed by atoms with E-state index < -0.39 is 12.5 Å². The normalized spacial score (nSPS) is 10.9. The molecule has 1 aromatic carbocycles. The summed E-state index contributed by atoms with van der Waals surface area (Å²) in [4.78, 5) is 16.4. The smallest absolute Gasteiger partial charge is 0.387 e. The number of aryl methyl sites for hydroxylation is 1. The third-order valence-corrected chi connectivity index (χ3v) is 4.10. The fourth-order valence-electron chi connectivity index (χ4n) is 2.18. The van der Waals surface area contributed by atoms with Gasteiger partial charge in [0, 0.05) is 17.4 Å². The Hall–Kier alpha value is -2.74. The first-order valence-corrected chi connectivity index (χ1v) is 8.34. The largest absolute Gasteiger partial charge is 0.456 e. The van der Waals surface area contributed by atoms with Crippen LogP contribution in [0.15, 0.2) is 46.2 Å². The van der Waals surface area contributed by atoms with Gasteiger partial charge in [0.15, 0.2) is 10.9 Å². The predicted octanol–water partition coefficient (Wildman–Crippen LogP) is 4.82. The van der Waals surface area contributed by atoms with Crippen molar-refractivity contribution in [3.8, 4) is 17.0 Å². The maximum atomic E-state index is 12.5. The van der Waals surface area contributed by atoms with Gasteiger partial charge in [0.25, 0.3) is 5.91 Å². The van der Waals surface area contributed by atoms with Crippen molar-refractivity contribution in [3.05, 3.63) is 53.3 Å². The second-order valence-electron chi connectivity index (χ2n) is 4.99. The van der Waals surface area contributed by atoms with Crippen LogP contribution < -0.4 is 10.1 Å². The summed E-state index contributed by atoms with van der Waals surface area (Å²) >= 11 is 1.18. The predicted molar refractivity (Wildman–Crippen MR) is 90.2 cm³/mol. The van der Waals surface area contributed by atoms with Gasteiger partial charge in [0.05, 0.1) is 5.69 Å². The summed E-state index contributed by atoms with van der Waals surface area (Å²) in [5.41, 5.74) is 0.857. The van der Waals surface area contributed by atoms with Gasteiger partial charge in [-0.3, -0.25) is 10.1 Å². The monoisotopic (exact) mass is 364 g/mol. The number of alkyl halides is 2. The molecule has 3 rings (SSSR count). The number of carbonyl (C=O) groups is 1. The van der Waals surface area contributed by atoms with E-state index in [1.807, 2.05) is 6.92 Å². The van der Waals surface area contributed by atoms with E-state index in [2.05, 4.69) is 15.0 Å². The van der Waals surface area contributed by atoms with E-state index in [9.17, 15) is 13.6 Å². The minimum absolute atomic E-state index is 0.0271. The lowest BCUT2D eigenvalue weighted by Gasteiger charge is -2.08. The van der Waals surface area contributed by atoms with Gasteiger partial charge in [-0.25, -0.2) is 4.98 Å². The number of rotatable bonds is 6. The highest BCUT2D eigenvalue weighted by atomic mass is 32.1. The number of benzene rings is 1. The van der Waals surface area contributed by atoms with E-state index in [1.165, 1.54) is 17.4 Å². The van der Waals surface area contributed by atoms with Crippen LogP contribution in [0.3, 0.4) is 0 Å². The summed E-state index contributed by atoms with van der Waals surface area (Å²) in [5.74, 6) is 0.509. The Kier molecular flexibility index (Phi) is 5.08. The zero-order valence-electron chi connectivity index (χ0n) is 13.2. The van der Waals surface area contributed by atoms with Crippen LogP contribution in [-0.4, -0.2) is 17.5 Å². The van der Waals surface area contributed by atoms with Gasteiger partial charge in [-0.2, -0.15) is 8.78 Å². The van der Waals surface area contributed by atoms with Gasteiger partial charge < -0.3 is 9.15 Å². The van der Waals surface area contributed by atoms with Crippen molar-refractivity contribution in [2.75, 3.05) is 5.32 Å². The Morgan fingerprint density at radius 2 is 2.12 bits per heavy atom. The SMILES string of the molecule is CCc1ccc(C(=O)Nc2nc(-c3ccccc3OC(F)F)cs2)o1. The molecule has 0 atom stereocenters. The molecule has 2 heterocycles. The summed E-state index contributed by atoms with van der Waals surface area (Å²) in [6.45, 7) is -1.00. The first-order valence-electron chi connectivity index (χ1n) is 7.46. The molecule has 0 bridgehead atoms. The molecular weight excluding hydrogens is 350 g/mol. The Balaban J connectivity index is 1.78. The van der Waals surface area contributed by atoms with Gasteiger partial charge >= 0.3 is 6.61 Å². The number of nitrogens with zero attached hydrogens (tertiary/aromatic N) is 1. The summed E-state index contributed by atoms with van der Waals surface area (Å²) in [6, 6.07) is 9.68. The van der Waals surface area contributed by atoms with E-state index in [-0.39, 0.29) is 11.5 Å². The van der Waals surface area contributed by atoms with Gasteiger partial charge in [-0.1, -0.05) is 19.1 Å². The molecule has 0 radical (unpaired) electrons. The molecule has 0 saturated carbocycles. The maximum Gasteiger partial charge on any atom is 0.387 e. The number of amides is 1. The minimum Gasteiger partial charge on any atom is -0.456 e. The summed E-state index contributed by atoms with van der Waals surface area (Å²) in [6.07, 6.45) is 0.690. The quantitative estimate of drug-likeness (QED) is 0.681. The van der Waals surface area contributed by atoms with Gasteiger partial charge in [0.1, 0.15) is 11.5 Å². The van der Waals surface area contributed by atoms with Crippen LogP contribution in [0.2, 0.25) is 0 Å². The first kappa shape index (κ1) is 17.1. The number of anilines is 1. The van der Waals surface area contributed by atoms with E-state index in [0.29, 0.717) is 28.6 Å². The van der Waals surface area contributed by atoms with Crippen molar-refractivity contribution < 1.29 is 22.7 Å². The van der Waals surface area contributed by atoms with Crippen molar-refractivity contribution in [1.29, 1.82) is 0 Å². The van der Waals surface area contributed by atoms with E-state index in [4.69, 9.17) is 4.42 Å². The number of ether oxygens (including phenoxy) is 1. The van der Waals surface area contributed by atoms with Crippen molar-refractivity contribution in [2.45, 2.75) is 20.0 Å². The number of halogens is 2. The van der Waals surface area contributed by atoms with E-state index in [0.717, 1.165) is 0 Å². The third-order valence-electron chi connectivity index (χ3n) is 3.34. The molecule has 0 fully saturated rings. The number of nitrogens with one attached hydrogen (secondary N) is 1. The Bertz CT molecular complexity index is 876. The molecule has 0 spiro atoms. The lowest BCUT2D eigenvalue weighted by Crippen LogP contribution is -2.10. The Labute approximate surface area is 146 Å². The zero-order valence-corrected chi connectivity index (χ0v) is 14.0. The van der Waals surface area contributed by atoms with E-state index >= 15 is 0 Å². The summed E-state index contributed by atoms with van der Waals surface area (Å²) in [7, 11) is 0. The fraction of sp³-hybridized carbons (Fsp3) is 0.176. The molecule has 1 amide bonds. The van der Waals surface area contributed by atoms with Crippen LogP contribution in [0.1, 0.15) is 23.2 Å². The third kappa shape index (κ3) is 4.03. The first-order chi connectivity index (χ1) is 12.1. The number of carbonyl (C=O) groups excluding carboxylic acids is 1. The molecule has 0 aliphatic rings. The molecule has 25 heavy (non-hydrogen) atoms. The average Bonchev–Trinajstić information content (AvgIpc) is 3.24. The molecule has 0 aliphatic carbocycles. The van der Waals surface area contributed by atoms with Crippen LogP contribution in [0.4, 0.5) is 13.9 Å². The molecular formula is C17H14F2N2O3S. The summed E-state index contributed by atoms with van der Waals surface area (Å²) < 4.78 is 34.9. The van der Waals surface area contributed by atoms with Crippen LogP contribution >= 0.6 is 11.3 Å². The van der Waals surface area contributed by atoms with Gasteiger partial charge in [-0.05, 0) is 24.3 Å². The molecule has 2 aromatic heterocycles. The lowest BCUT2D eigenvalue weighted by molar-refractivity contribution is -0.0494. The van der Waals surface area contributed by atoms with Crippen molar-refractivity contribution >= 4 is 22.4 Å². The van der Waals surface area contributed by atoms with Crippen LogP contribution in [0.25, 0.3) is 11.3 Å². The zero-order chi connectivity index (χ0) is 17.8. The number of aromatic nitrogens is 1. The van der Waals surface area contributed by atoms with Crippen molar-refractivity contribution in [2.24, 2.45) is 0 Å². The molecule has 0 saturated heterocycles. The highest BCUT2D eigenvalue weighted by Crippen LogP contribution is 2.33. The molecule has 0 unspecified atom stereocenters. The van der Waals surface area contributed by atoms with E-state index in [1.54, 1.807) is 35.7 Å². The fourth-order valence-corrected chi connectivity index (χ4v) is 2.89. The lowest BCUT2D eigenvalue weighted by atomic mass is 10.1. The highest BCUT2D eigenvalue weighted by Gasteiger charge is 2.16. The molecule has 5 nitrogen and oxygen atoms in total. The number of furan rings is 1. The van der Waals surface area contributed by atoms with Crippen molar-refractivity contribution in [1.82, 2.24) is 4.98 Å². The molecule has 3 aromatic rings. The molecule has 0 aliphatic heterocycles. The van der Waals surface area contributed by atoms with Gasteiger partial charge in [0.2, 0.25) is 0 Å². The van der Waals surface area contributed by atoms with Crippen LogP contribution in [0.5, 0.6) is 5.75 Å². The number of thiazole rings is 1. The number of hydrogen-bond acceptors (Lipinski definition) is 5. The number of hydrogen-bond donors (Lipinski definition) is 1. The van der Waals surface area contributed by atoms with Crippen LogP contribution in [0, 0.1) is 0 Å². The molecule has 1 N–H and O–H groups in total. The standard InChI is InChI=1S/C17H14F2N2O3S/c1-2-10-7-8-14(23-10)15(22)21-17-20-12(9-25-17)11-5-3-4-6-13(11)24-16(18)19/h3-9,16H,2H2,1H3,(H,20,21,22).